The van der Waals surface area contributed by atoms with Crippen LogP contribution in [0.25, 0.3) is 0 Å². The first-order chi connectivity index (χ1) is 12.1. The lowest BCUT2D eigenvalue weighted by atomic mass is 10.2. The molecule has 3 rings (SSSR count). The molecule has 1 aromatic carbocycles. The Hall–Kier alpha value is -1.57. The fraction of sp³-hybridized carbons (Fsp3) is 0.500. The Balaban J connectivity index is 0.00000243. The van der Waals surface area contributed by atoms with E-state index < -0.39 is 0 Å². The highest BCUT2D eigenvalue weighted by atomic mass is 127. The fourth-order valence-corrected chi connectivity index (χ4v) is 3.41. The number of aromatic nitrogens is 2. The lowest BCUT2D eigenvalue weighted by Crippen LogP contribution is -2.41. The van der Waals surface area contributed by atoms with Gasteiger partial charge in [-0.1, -0.05) is 25.1 Å². The van der Waals surface area contributed by atoms with E-state index in [2.05, 4.69) is 71.1 Å². The summed E-state index contributed by atoms with van der Waals surface area (Å²) in [5.74, 6) is 1.43. The Bertz CT molecular complexity index is 752. The SMILES string of the molecule is CCNC(=NCC(C)Cn1nc(C)cc1C)N1CCc2ccccc21.I. The number of nitrogens with one attached hydrogen (secondary N) is 1. The molecule has 1 aliphatic heterocycles. The number of aliphatic imine (C=N–C) groups is 1. The number of rotatable bonds is 5. The number of aryl methyl sites for hydroxylation is 2. The molecule has 1 atom stereocenters. The molecule has 1 unspecified atom stereocenters. The molecular formula is C20H30IN5. The highest BCUT2D eigenvalue weighted by Crippen LogP contribution is 2.27. The predicted molar refractivity (Wildman–Crippen MR) is 120 cm³/mol. The maximum atomic E-state index is 4.92. The minimum Gasteiger partial charge on any atom is -0.356 e. The van der Waals surface area contributed by atoms with Crippen LogP contribution < -0.4 is 10.2 Å². The number of guanidine groups is 1. The lowest BCUT2D eigenvalue weighted by molar-refractivity contribution is 0.450. The number of fused-ring (bicyclic) bond motifs is 1. The second kappa shape index (κ2) is 9.39. The average Bonchev–Trinajstić information content (AvgIpc) is 3.15. The van der Waals surface area contributed by atoms with Gasteiger partial charge in [-0.3, -0.25) is 9.67 Å². The van der Waals surface area contributed by atoms with Gasteiger partial charge in [0.1, 0.15) is 0 Å². The molecule has 0 bridgehead atoms. The van der Waals surface area contributed by atoms with Gasteiger partial charge in [-0.05, 0) is 50.8 Å². The predicted octanol–water partition coefficient (Wildman–Crippen LogP) is 3.78. The van der Waals surface area contributed by atoms with Gasteiger partial charge in [-0.25, -0.2) is 0 Å². The zero-order chi connectivity index (χ0) is 17.8. The Labute approximate surface area is 173 Å². The molecular weight excluding hydrogens is 437 g/mol. The van der Waals surface area contributed by atoms with Crippen molar-refractivity contribution in [3.63, 3.8) is 0 Å². The van der Waals surface area contributed by atoms with Crippen molar-refractivity contribution in [2.45, 2.75) is 40.7 Å². The van der Waals surface area contributed by atoms with E-state index >= 15 is 0 Å². The van der Waals surface area contributed by atoms with Gasteiger partial charge in [0.15, 0.2) is 5.96 Å². The molecule has 1 aliphatic rings. The number of para-hydroxylation sites is 1. The summed E-state index contributed by atoms with van der Waals surface area (Å²) in [6.45, 7) is 12.1. The second-order valence-corrected chi connectivity index (χ2v) is 6.94. The van der Waals surface area contributed by atoms with E-state index in [0.29, 0.717) is 5.92 Å². The third-order valence-electron chi connectivity index (χ3n) is 4.62. The van der Waals surface area contributed by atoms with Crippen molar-refractivity contribution in [1.82, 2.24) is 15.1 Å². The van der Waals surface area contributed by atoms with E-state index in [0.717, 1.165) is 44.3 Å². The van der Waals surface area contributed by atoms with Crippen LogP contribution in [0.1, 0.15) is 30.8 Å². The Kier molecular flexibility index (Phi) is 7.49. The number of hydrogen-bond acceptors (Lipinski definition) is 2. The minimum absolute atomic E-state index is 0. The highest BCUT2D eigenvalue weighted by molar-refractivity contribution is 14.0. The molecule has 142 valence electrons. The quantitative estimate of drug-likeness (QED) is 0.414. The zero-order valence-electron chi connectivity index (χ0n) is 16.2. The number of hydrogen-bond donors (Lipinski definition) is 1. The first kappa shape index (κ1) is 20.7. The molecule has 2 aromatic rings. The van der Waals surface area contributed by atoms with Crippen LogP contribution in [0.15, 0.2) is 35.3 Å². The fourth-order valence-electron chi connectivity index (χ4n) is 3.41. The summed E-state index contributed by atoms with van der Waals surface area (Å²) in [5.41, 5.74) is 4.99. The Morgan fingerprint density at radius 1 is 1.31 bits per heavy atom. The molecule has 6 heteroatoms. The van der Waals surface area contributed by atoms with Gasteiger partial charge in [0.2, 0.25) is 0 Å². The van der Waals surface area contributed by atoms with Crippen LogP contribution in [0, 0.1) is 19.8 Å². The van der Waals surface area contributed by atoms with E-state index in [9.17, 15) is 0 Å². The van der Waals surface area contributed by atoms with E-state index in [1.807, 2.05) is 6.92 Å². The average molecular weight is 467 g/mol. The van der Waals surface area contributed by atoms with Crippen LogP contribution in [-0.4, -0.2) is 35.4 Å². The van der Waals surface area contributed by atoms with Crippen LogP contribution in [0.3, 0.4) is 0 Å². The van der Waals surface area contributed by atoms with Gasteiger partial charge in [0.05, 0.1) is 5.69 Å². The molecule has 26 heavy (non-hydrogen) atoms. The number of anilines is 1. The molecule has 2 heterocycles. The van der Waals surface area contributed by atoms with Gasteiger partial charge in [0.25, 0.3) is 0 Å². The van der Waals surface area contributed by atoms with Crippen LogP contribution in [-0.2, 0) is 13.0 Å². The Morgan fingerprint density at radius 3 is 2.77 bits per heavy atom. The van der Waals surface area contributed by atoms with E-state index in [1.54, 1.807) is 0 Å². The summed E-state index contributed by atoms with van der Waals surface area (Å²) in [6.07, 6.45) is 1.09. The number of nitrogens with zero attached hydrogens (tertiary/aromatic N) is 4. The molecule has 0 radical (unpaired) electrons. The third kappa shape index (κ3) is 4.78. The molecule has 0 amide bonds. The minimum atomic E-state index is 0. The normalized spacial score (nSPS) is 14.8. The summed E-state index contributed by atoms with van der Waals surface area (Å²) in [5, 5.41) is 8.02. The maximum absolute atomic E-state index is 4.92. The summed E-state index contributed by atoms with van der Waals surface area (Å²) >= 11 is 0. The molecule has 0 saturated heterocycles. The molecule has 0 spiro atoms. The van der Waals surface area contributed by atoms with Crippen LogP contribution in [0.4, 0.5) is 5.69 Å². The lowest BCUT2D eigenvalue weighted by Gasteiger charge is -2.23. The molecule has 0 aliphatic carbocycles. The molecule has 1 N–H and O–H groups in total. The van der Waals surface area contributed by atoms with Gasteiger partial charge < -0.3 is 10.2 Å². The largest absolute Gasteiger partial charge is 0.356 e. The first-order valence-corrected chi connectivity index (χ1v) is 9.23. The zero-order valence-corrected chi connectivity index (χ0v) is 18.5. The van der Waals surface area contributed by atoms with Crippen molar-refractivity contribution in [3.05, 3.63) is 47.3 Å². The van der Waals surface area contributed by atoms with Crippen LogP contribution >= 0.6 is 24.0 Å². The van der Waals surface area contributed by atoms with Crippen molar-refractivity contribution in [3.8, 4) is 0 Å². The standard InChI is InChI=1S/C20H29N5.HI/c1-5-21-20(24-11-10-18-8-6-7-9-19(18)24)22-13-15(2)14-25-17(4)12-16(3)23-25;/h6-9,12,15H,5,10-11,13-14H2,1-4H3,(H,21,22);1H. The van der Waals surface area contributed by atoms with E-state index in [1.165, 1.54) is 16.9 Å². The van der Waals surface area contributed by atoms with E-state index in [4.69, 9.17) is 4.99 Å². The van der Waals surface area contributed by atoms with Gasteiger partial charge >= 0.3 is 0 Å². The summed E-state index contributed by atoms with van der Waals surface area (Å²) < 4.78 is 2.09. The number of benzene rings is 1. The second-order valence-electron chi connectivity index (χ2n) is 6.94. The molecule has 0 fully saturated rings. The van der Waals surface area contributed by atoms with Gasteiger partial charge in [-0.15, -0.1) is 24.0 Å². The van der Waals surface area contributed by atoms with Crippen molar-refractivity contribution in [1.29, 1.82) is 0 Å². The molecule has 5 nitrogen and oxygen atoms in total. The van der Waals surface area contributed by atoms with Crippen LogP contribution in [0.2, 0.25) is 0 Å². The maximum Gasteiger partial charge on any atom is 0.198 e. The van der Waals surface area contributed by atoms with E-state index in [-0.39, 0.29) is 24.0 Å². The summed E-state index contributed by atoms with van der Waals surface area (Å²) in [6, 6.07) is 10.7. The van der Waals surface area contributed by atoms with Crippen LogP contribution in [0.5, 0.6) is 0 Å². The topological polar surface area (TPSA) is 45.5 Å². The van der Waals surface area contributed by atoms with Gasteiger partial charge in [0, 0.05) is 37.6 Å². The summed E-state index contributed by atoms with van der Waals surface area (Å²) in [4.78, 5) is 7.23. The number of halogens is 1. The summed E-state index contributed by atoms with van der Waals surface area (Å²) in [7, 11) is 0. The first-order valence-electron chi connectivity index (χ1n) is 9.23. The Morgan fingerprint density at radius 2 is 2.08 bits per heavy atom. The van der Waals surface area contributed by atoms with Crippen molar-refractivity contribution in [2.24, 2.45) is 10.9 Å². The van der Waals surface area contributed by atoms with Gasteiger partial charge in [-0.2, -0.15) is 5.10 Å². The smallest absolute Gasteiger partial charge is 0.198 e. The van der Waals surface area contributed by atoms with Crippen molar-refractivity contribution in [2.75, 3.05) is 24.5 Å². The molecule has 0 saturated carbocycles. The third-order valence-corrected chi connectivity index (χ3v) is 4.62. The molecule has 1 aromatic heterocycles. The van der Waals surface area contributed by atoms with Crippen molar-refractivity contribution >= 4 is 35.6 Å². The van der Waals surface area contributed by atoms with Crippen molar-refractivity contribution < 1.29 is 0 Å². The highest BCUT2D eigenvalue weighted by Gasteiger charge is 2.22. The monoisotopic (exact) mass is 467 g/mol.